The Morgan fingerprint density at radius 1 is 1.00 bits per heavy atom. The second-order valence-electron chi connectivity index (χ2n) is 9.28. The third-order valence-corrected chi connectivity index (χ3v) is 7.66. The van der Waals surface area contributed by atoms with E-state index in [1.165, 1.54) is 17.8 Å². The van der Waals surface area contributed by atoms with Crippen LogP contribution in [0.5, 0.6) is 17.2 Å². The molecular weight excluding hydrogens is 500 g/mol. The van der Waals surface area contributed by atoms with Gasteiger partial charge in [0, 0.05) is 22.2 Å². The zero-order valence-corrected chi connectivity index (χ0v) is 23.1. The molecule has 1 aromatic heterocycles. The van der Waals surface area contributed by atoms with E-state index in [4.69, 9.17) is 14.2 Å². The fourth-order valence-electron chi connectivity index (χ4n) is 5.01. The van der Waals surface area contributed by atoms with Gasteiger partial charge in [-0.3, -0.25) is 14.5 Å². The molecule has 1 saturated carbocycles. The van der Waals surface area contributed by atoms with Gasteiger partial charge < -0.3 is 19.5 Å². The van der Waals surface area contributed by atoms with Crippen LogP contribution in [0.25, 0.3) is 0 Å². The summed E-state index contributed by atoms with van der Waals surface area (Å²) in [6.07, 6.45) is 5.37. The number of benzene rings is 2. The Hall–Kier alpha value is -3.52. The molecule has 0 aliphatic heterocycles. The smallest absolute Gasteiger partial charge is 0.248 e. The van der Waals surface area contributed by atoms with Gasteiger partial charge >= 0.3 is 0 Å². The standard InChI is InChI=1S/C30H36N2O5S/c1-4-37-23-17-15-22(16-18-23)32(27(33)20-24-12-9-19-38-24)28(30(34)31-21-10-6-5-7-11-21)25-13-8-14-26(35-2)29(25)36-3/h8-9,12-19,21,28H,4-7,10-11,20H2,1-3H3,(H,31,34). The first-order chi connectivity index (χ1) is 18.5. The van der Waals surface area contributed by atoms with Crippen molar-refractivity contribution in [2.24, 2.45) is 0 Å². The van der Waals surface area contributed by atoms with Crippen molar-refractivity contribution in [2.75, 3.05) is 25.7 Å². The van der Waals surface area contributed by atoms with Gasteiger partial charge in [-0.05, 0) is 61.5 Å². The van der Waals surface area contributed by atoms with Crippen LogP contribution in [0.15, 0.2) is 60.0 Å². The number of methoxy groups -OCH3 is 2. The lowest BCUT2D eigenvalue weighted by Crippen LogP contribution is -2.47. The van der Waals surface area contributed by atoms with E-state index >= 15 is 0 Å². The number of rotatable bonds is 11. The third-order valence-electron chi connectivity index (χ3n) is 6.79. The highest BCUT2D eigenvalue weighted by molar-refractivity contribution is 7.10. The number of thiophene rings is 1. The maximum Gasteiger partial charge on any atom is 0.248 e. The molecule has 38 heavy (non-hydrogen) atoms. The first kappa shape index (κ1) is 27.5. The number of carbonyl (C=O) groups excluding carboxylic acids is 2. The van der Waals surface area contributed by atoms with Gasteiger partial charge in [-0.15, -0.1) is 11.3 Å². The number of ether oxygens (including phenoxy) is 3. The number of hydrogen-bond acceptors (Lipinski definition) is 6. The summed E-state index contributed by atoms with van der Waals surface area (Å²) in [5.74, 6) is 1.20. The van der Waals surface area contributed by atoms with E-state index in [0.717, 1.165) is 30.6 Å². The quantitative estimate of drug-likeness (QED) is 0.329. The Morgan fingerprint density at radius 2 is 1.76 bits per heavy atom. The largest absolute Gasteiger partial charge is 0.494 e. The molecule has 3 aromatic rings. The summed E-state index contributed by atoms with van der Waals surface area (Å²) in [7, 11) is 3.11. The van der Waals surface area contributed by atoms with Crippen molar-refractivity contribution in [1.82, 2.24) is 5.32 Å². The maximum atomic E-state index is 14.1. The minimum absolute atomic E-state index is 0.0740. The van der Waals surface area contributed by atoms with Crippen LogP contribution < -0.4 is 24.4 Å². The first-order valence-corrected chi connectivity index (χ1v) is 14.0. The van der Waals surface area contributed by atoms with Crippen LogP contribution in [0.1, 0.15) is 55.5 Å². The lowest BCUT2D eigenvalue weighted by Gasteiger charge is -2.34. The van der Waals surface area contributed by atoms with E-state index in [-0.39, 0.29) is 24.3 Å². The molecule has 1 aliphatic rings. The van der Waals surface area contributed by atoms with Gasteiger partial charge in [0.05, 0.1) is 27.2 Å². The number of nitrogens with zero attached hydrogens (tertiary/aromatic N) is 1. The first-order valence-electron chi connectivity index (χ1n) is 13.1. The zero-order chi connectivity index (χ0) is 26.9. The van der Waals surface area contributed by atoms with E-state index in [1.807, 2.05) is 60.8 Å². The fourth-order valence-corrected chi connectivity index (χ4v) is 5.70. The number of para-hydroxylation sites is 1. The average molecular weight is 537 g/mol. The summed E-state index contributed by atoms with van der Waals surface area (Å²) in [6.45, 7) is 2.46. The molecule has 0 saturated heterocycles. The molecule has 1 aliphatic carbocycles. The molecule has 2 aromatic carbocycles. The molecule has 0 spiro atoms. The van der Waals surface area contributed by atoms with E-state index in [1.54, 1.807) is 25.2 Å². The molecule has 7 nitrogen and oxygen atoms in total. The maximum absolute atomic E-state index is 14.1. The number of carbonyl (C=O) groups is 2. The molecular formula is C30H36N2O5S. The summed E-state index contributed by atoms with van der Waals surface area (Å²) in [6, 6.07) is 15.7. The lowest BCUT2D eigenvalue weighted by atomic mass is 9.94. The Bertz CT molecular complexity index is 1190. The van der Waals surface area contributed by atoms with E-state index in [0.29, 0.717) is 35.1 Å². The molecule has 0 bridgehead atoms. The van der Waals surface area contributed by atoms with Gasteiger partial charge in [0.25, 0.3) is 0 Å². The molecule has 1 heterocycles. The van der Waals surface area contributed by atoms with Crippen molar-refractivity contribution < 1.29 is 23.8 Å². The third kappa shape index (κ3) is 6.48. The van der Waals surface area contributed by atoms with E-state index in [9.17, 15) is 9.59 Å². The highest BCUT2D eigenvalue weighted by Gasteiger charge is 2.36. The average Bonchev–Trinajstić information content (AvgIpc) is 3.45. The van der Waals surface area contributed by atoms with Gasteiger partial charge in [0.15, 0.2) is 11.5 Å². The molecule has 1 atom stereocenters. The molecule has 4 rings (SSSR count). The molecule has 0 radical (unpaired) electrons. The van der Waals surface area contributed by atoms with Crippen molar-refractivity contribution in [3.8, 4) is 17.2 Å². The van der Waals surface area contributed by atoms with Gasteiger partial charge in [-0.25, -0.2) is 0 Å². The molecule has 1 N–H and O–H groups in total. The lowest BCUT2D eigenvalue weighted by molar-refractivity contribution is -0.127. The summed E-state index contributed by atoms with van der Waals surface area (Å²) >= 11 is 1.52. The minimum Gasteiger partial charge on any atom is -0.494 e. The van der Waals surface area contributed by atoms with Gasteiger partial charge in [-0.1, -0.05) is 37.5 Å². The van der Waals surface area contributed by atoms with Crippen LogP contribution in [0, 0.1) is 0 Å². The SMILES string of the molecule is CCOc1ccc(N(C(=O)Cc2cccs2)C(C(=O)NC2CCCCC2)c2cccc(OC)c2OC)cc1. The zero-order valence-electron chi connectivity index (χ0n) is 22.3. The summed E-state index contributed by atoms with van der Waals surface area (Å²) in [4.78, 5) is 30.7. The Kier molecular flexibility index (Phi) is 9.65. The number of amides is 2. The highest BCUT2D eigenvalue weighted by Crippen LogP contribution is 2.40. The van der Waals surface area contributed by atoms with Crippen molar-refractivity contribution >= 4 is 28.8 Å². The predicted octanol–water partition coefficient (Wildman–Crippen LogP) is 5.93. The fraction of sp³-hybridized carbons (Fsp3) is 0.400. The second-order valence-corrected chi connectivity index (χ2v) is 10.3. The van der Waals surface area contributed by atoms with Gasteiger partial charge in [0.2, 0.25) is 11.8 Å². The number of nitrogens with one attached hydrogen (secondary N) is 1. The van der Waals surface area contributed by atoms with E-state index in [2.05, 4.69) is 5.32 Å². The van der Waals surface area contributed by atoms with Crippen LogP contribution in [-0.4, -0.2) is 38.7 Å². The van der Waals surface area contributed by atoms with E-state index < -0.39 is 6.04 Å². The van der Waals surface area contributed by atoms with Gasteiger partial charge in [-0.2, -0.15) is 0 Å². The number of hydrogen-bond donors (Lipinski definition) is 1. The Labute approximate surface area is 228 Å². The molecule has 1 unspecified atom stereocenters. The summed E-state index contributed by atoms with van der Waals surface area (Å²) < 4.78 is 16.9. The van der Waals surface area contributed by atoms with Crippen molar-refractivity contribution in [1.29, 1.82) is 0 Å². The molecule has 8 heteroatoms. The van der Waals surface area contributed by atoms with Crippen LogP contribution >= 0.6 is 11.3 Å². The van der Waals surface area contributed by atoms with Crippen molar-refractivity contribution in [3.05, 3.63) is 70.4 Å². The van der Waals surface area contributed by atoms with Crippen molar-refractivity contribution in [3.63, 3.8) is 0 Å². The van der Waals surface area contributed by atoms with Crippen molar-refractivity contribution in [2.45, 2.75) is 57.5 Å². The summed E-state index contributed by atoms with van der Waals surface area (Å²) in [5, 5.41) is 5.20. The summed E-state index contributed by atoms with van der Waals surface area (Å²) in [5.41, 5.74) is 1.16. The normalized spacial score (nSPS) is 14.4. The second kappa shape index (κ2) is 13.3. The minimum atomic E-state index is -0.965. The molecule has 1 fully saturated rings. The van der Waals surface area contributed by atoms with Crippen LogP contribution in [0.4, 0.5) is 5.69 Å². The van der Waals surface area contributed by atoms with Crippen LogP contribution in [-0.2, 0) is 16.0 Å². The van der Waals surface area contributed by atoms with Gasteiger partial charge in [0.1, 0.15) is 11.8 Å². The monoisotopic (exact) mass is 536 g/mol. The van der Waals surface area contributed by atoms with Crippen LogP contribution in [0.2, 0.25) is 0 Å². The highest BCUT2D eigenvalue weighted by atomic mass is 32.1. The molecule has 202 valence electrons. The number of anilines is 1. The Morgan fingerprint density at radius 3 is 2.39 bits per heavy atom. The Balaban J connectivity index is 1.82. The van der Waals surface area contributed by atoms with Crippen LogP contribution in [0.3, 0.4) is 0 Å². The predicted molar refractivity (Wildman–Crippen MR) is 150 cm³/mol. The molecule has 2 amide bonds. The topological polar surface area (TPSA) is 77.1 Å².